The Labute approximate surface area is 101 Å². The van der Waals surface area contributed by atoms with E-state index in [1.807, 2.05) is 6.92 Å². The van der Waals surface area contributed by atoms with Crippen molar-refractivity contribution in [2.75, 3.05) is 18.8 Å². The van der Waals surface area contributed by atoms with Gasteiger partial charge < -0.3 is 5.32 Å². The Hall–Kier alpha value is 0.1000. The molecule has 0 bridgehead atoms. The van der Waals surface area contributed by atoms with E-state index < -0.39 is 5.51 Å². The topological polar surface area (TPSA) is 12.0 Å². The zero-order valence-corrected chi connectivity index (χ0v) is 11.1. The van der Waals surface area contributed by atoms with Crippen LogP contribution in [0.1, 0.15) is 40.0 Å². The van der Waals surface area contributed by atoms with E-state index in [0.717, 1.165) is 25.9 Å². The summed E-state index contributed by atoms with van der Waals surface area (Å²) in [5.41, 5.74) is -4.10. The van der Waals surface area contributed by atoms with Gasteiger partial charge in [0, 0.05) is 12.3 Å². The predicted octanol–water partition coefficient (Wildman–Crippen LogP) is 4.05. The summed E-state index contributed by atoms with van der Waals surface area (Å²) in [6.45, 7) is 7.81. The second-order valence-electron chi connectivity index (χ2n) is 4.39. The van der Waals surface area contributed by atoms with Crippen molar-refractivity contribution in [3.63, 3.8) is 0 Å². The lowest BCUT2D eigenvalue weighted by atomic mass is 9.83. The van der Waals surface area contributed by atoms with Crippen LogP contribution in [0.25, 0.3) is 0 Å². The molecule has 0 radical (unpaired) electrons. The molecule has 0 heterocycles. The summed E-state index contributed by atoms with van der Waals surface area (Å²) in [5, 5.41) is 3.23. The lowest BCUT2D eigenvalue weighted by Gasteiger charge is -2.29. The fourth-order valence-corrected chi connectivity index (χ4v) is 2.57. The van der Waals surface area contributed by atoms with Crippen molar-refractivity contribution in [3.8, 4) is 0 Å². The molecule has 16 heavy (non-hydrogen) atoms. The van der Waals surface area contributed by atoms with Crippen molar-refractivity contribution >= 4 is 11.8 Å². The third-order valence-corrected chi connectivity index (χ3v) is 3.36. The molecular formula is C11H22F3NS. The van der Waals surface area contributed by atoms with E-state index in [2.05, 4.69) is 19.2 Å². The average Bonchev–Trinajstić information content (AvgIpc) is 2.13. The predicted molar refractivity (Wildman–Crippen MR) is 64.7 cm³/mol. The third-order valence-electron chi connectivity index (χ3n) is 2.63. The molecule has 0 fully saturated rings. The molecule has 0 aromatic rings. The lowest BCUT2D eigenvalue weighted by Crippen LogP contribution is -2.32. The average molecular weight is 257 g/mol. The quantitative estimate of drug-likeness (QED) is 0.704. The number of hydrogen-bond acceptors (Lipinski definition) is 2. The highest BCUT2D eigenvalue weighted by molar-refractivity contribution is 8.00. The maximum absolute atomic E-state index is 12.0. The molecule has 0 aromatic carbocycles. The van der Waals surface area contributed by atoms with Crippen LogP contribution >= 0.6 is 11.8 Å². The van der Waals surface area contributed by atoms with Gasteiger partial charge in [0.2, 0.25) is 0 Å². The van der Waals surface area contributed by atoms with E-state index >= 15 is 0 Å². The number of hydrogen-bond donors (Lipinski definition) is 1. The van der Waals surface area contributed by atoms with E-state index in [4.69, 9.17) is 0 Å². The molecule has 1 unspecified atom stereocenters. The van der Waals surface area contributed by atoms with Gasteiger partial charge in [0.15, 0.2) is 0 Å². The summed E-state index contributed by atoms with van der Waals surface area (Å²) in [6.07, 6.45) is 2.59. The van der Waals surface area contributed by atoms with Gasteiger partial charge in [-0.25, -0.2) is 0 Å². The van der Waals surface area contributed by atoms with Crippen LogP contribution in [0.4, 0.5) is 13.2 Å². The summed E-state index contributed by atoms with van der Waals surface area (Å²) in [5.74, 6) is 0.158. The molecule has 98 valence electrons. The molecule has 0 saturated carbocycles. The maximum Gasteiger partial charge on any atom is 0.441 e. The van der Waals surface area contributed by atoms with Gasteiger partial charge >= 0.3 is 5.51 Å². The van der Waals surface area contributed by atoms with E-state index in [0.29, 0.717) is 6.42 Å². The van der Waals surface area contributed by atoms with Crippen molar-refractivity contribution in [2.24, 2.45) is 5.41 Å². The Bertz CT molecular complexity index is 185. The molecule has 5 heteroatoms. The van der Waals surface area contributed by atoms with Crippen molar-refractivity contribution in [3.05, 3.63) is 0 Å². The minimum absolute atomic E-state index is 0.0109. The fourth-order valence-electron chi connectivity index (χ4n) is 1.75. The normalized spacial score (nSPS) is 16.1. The first kappa shape index (κ1) is 16.1. The summed E-state index contributed by atoms with van der Waals surface area (Å²) >= 11 is 0.0920. The Kier molecular flexibility index (Phi) is 7.48. The van der Waals surface area contributed by atoms with Crippen LogP contribution in [0.15, 0.2) is 0 Å². The number of alkyl halides is 3. The highest BCUT2D eigenvalue weighted by Gasteiger charge is 2.30. The Morgan fingerprint density at radius 2 is 1.75 bits per heavy atom. The highest BCUT2D eigenvalue weighted by Crippen LogP contribution is 2.35. The molecule has 0 rings (SSSR count). The Morgan fingerprint density at radius 1 is 1.12 bits per heavy atom. The molecule has 0 spiro atoms. The minimum Gasteiger partial charge on any atom is -0.316 e. The molecule has 0 aliphatic carbocycles. The van der Waals surface area contributed by atoms with Crippen LogP contribution in [0.2, 0.25) is 0 Å². The standard InChI is InChI=1S/C11H22F3NS/c1-4-6-10(3,9-15-5-2)7-8-16-11(12,13)14/h15H,4-9H2,1-3H3. The molecular weight excluding hydrogens is 235 g/mol. The molecule has 0 aromatic heterocycles. The van der Waals surface area contributed by atoms with Gasteiger partial charge in [0.05, 0.1) is 0 Å². The molecule has 0 aliphatic heterocycles. The molecule has 1 atom stereocenters. The van der Waals surface area contributed by atoms with Crippen molar-refractivity contribution in [1.29, 1.82) is 0 Å². The van der Waals surface area contributed by atoms with Crippen LogP contribution in [-0.4, -0.2) is 24.4 Å². The SMILES string of the molecule is CCCC(C)(CCSC(F)(F)F)CNCC. The zero-order valence-electron chi connectivity index (χ0n) is 10.3. The summed E-state index contributed by atoms with van der Waals surface area (Å²) in [6, 6.07) is 0. The second-order valence-corrected chi connectivity index (χ2v) is 5.55. The first-order valence-corrected chi connectivity index (χ1v) is 6.73. The number of halogens is 3. The first-order chi connectivity index (χ1) is 7.33. The fraction of sp³-hybridized carbons (Fsp3) is 1.00. The summed E-state index contributed by atoms with van der Waals surface area (Å²) < 4.78 is 36.0. The molecule has 0 amide bonds. The number of rotatable bonds is 8. The molecule has 1 nitrogen and oxygen atoms in total. The maximum atomic E-state index is 12.0. The molecule has 0 saturated heterocycles. The number of nitrogens with one attached hydrogen (secondary N) is 1. The van der Waals surface area contributed by atoms with Gasteiger partial charge in [-0.1, -0.05) is 39.0 Å². The Balaban J connectivity index is 4.01. The van der Waals surface area contributed by atoms with Crippen LogP contribution in [-0.2, 0) is 0 Å². The first-order valence-electron chi connectivity index (χ1n) is 5.74. The Morgan fingerprint density at radius 3 is 2.19 bits per heavy atom. The van der Waals surface area contributed by atoms with Gasteiger partial charge in [0.1, 0.15) is 0 Å². The minimum atomic E-state index is -4.09. The van der Waals surface area contributed by atoms with E-state index in [9.17, 15) is 13.2 Å². The largest absolute Gasteiger partial charge is 0.441 e. The monoisotopic (exact) mass is 257 g/mol. The van der Waals surface area contributed by atoms with Crippen LogP contribution in [0, 0.1) is 5.41 Å². The van der Waals surface area contributed by atoms with Crippen LogP contribution in [0.5, 0.6) is 0 Å². The zero-order chi connectivity index (χ0) is 12.7. The van der Waals surface area contributed by atoms with Gasteiger partial charge in [-0.3, -0.25) is 0 Å². The second kappa shape index (κ2) is 7.43. The van der Waals surface area contributed by atoms with Crippen molar-refractivity contribution in [2.45, 2.75) is 45.5 Å². The summed E-state index contributed by atoms with van der Waals surface area (Å²) in [7, 11) is 0. The van der Waals surface area contributed by atoms with Crippen LogP contribution < -0.4 is 5.32 Å². The smallest absolute Gasteiger partial charge is 0.316 e. The van der Waals surface area contributed by atoms with Crippen LogP contribution in [0.3, 0.4) is 0 Å². The molecule has 0 aliphatic rings. The highest BCUT2D eigenvalue weighted by atomic mass is 32.2. The third kappa shape index (κ3) is 8.28. The van der Waals surface area contributed by atoms with Crippen molar-refractivity contribution < 1.29 is 13.2 Å². The lowest BCUT2D eigenvalue weighted by molar-refractivity contribution is -0.0329. The van der Waals surface area contributed by atoms with Crippen molar-refractivity contribution in [1.82, 2.24) is 5.32 Å². The van der Waals surface area contributed by atoms with Gasteiger partial charge in [-0.15, -0.1) is 0 Å². The van der Waals surface area contributed by atoms with Gasteiger partial charge in [-0.2, -0.15) is 13.2 Å². The summed E-state index contributed by atoms with van der Waals surface area (Å²) in [4.78, 5) is 0. The van der Waals surface area contributed by atoms with E-state index in [1.54, 1.807) is 0 Å². The van der Waals surface area contributed by atoms with E-state index in [-0.39, 0.29) is 22.9 Å². The molecule has 1 N–H and O–H groups in total. The van der Waals surface area contributed by atoms with E-state index in [1.165, 1.54) is 0 Å². The number of thioether (sulfide) groups is 1. The van der Waals surface area contributed by atoms with Gasteiger partial charge in [0.25, 0.3) is 0 Å². The van der Waals surface area contributed by atoms with Gasteiger partial charge in [-0.05, 0) is 24.8 Å².